The Hall–Kier alpha value is -0.550. The Morgan fingerprint density at radius 1 is 1.59 bits per heavy atom. The summed E-state index contributed by atoms with van der Waals surface area (Å²) in [6.07, 6.45) is 0.687. The first-order valence-electron chi connectivity index (χ1n) is 5.58. The maximum atomic E-state index is 11.6. The van der Waals surface area contributed by atoms with E-state index in [4.69, 9.17) is 4.74 Å². The van der Waals surface area contributed by atoms with E-state index in [0.29, 0.717) is 5.92 Å². The lowest BCUT2D eigenvalue weighted by Gasteiger charge is -2.19. The van der Waals surface area contributed by atoms with E-state index in [1.807, 2.05) is 20.8 Å². The molecule has 1 fully saturated rings. The lowest BCUT2D eigenvalue weighted by atomic mass is 10.2. The van der Waals surface area contributed by atoms with Crippen molar-refractivity contribution in [3.8, 4) is 0 Å². The third-order valence-corrected chi connectivity index (χ3v) is 4.27. The van der Waals surface area contributed by atoms with Gasteiger partial charge in [0.2, 0.25) is 0 Å². The van der Waals surface area contributed by atoms with Gasteiger partial charge >= 0.3 is 6.09 Å². The molecule has 1 aromatic heterocycles. The highest BCUT2D eigenvalue weighted by Crippen LogP contribution is 2.44. The van der Waals surface area contributed by atoms with Crippen LogP contribution in [0.3, 0.4) is 0 Å². The summed E-state index contributed by atoms with van der Waals surface area (Å²) in [6.45, 7) is 5.61. The van der Waals surface area contributed by atoms with E-state index in [1.54, 1.807) is 11.3 Å². The molecule has 1 aliphatic carbocycles. The van der Waals surface area contributed by atoms with Gasteiger partial charge in [0, 0.05) is 26.7 Å². The molecule has 1 aromatic rings. The summed E-state index contributed by atoms with van der Waals surface area (Å²) in [4.78, 5) is 12.9. The standard InChI is InChI=1S/C12H16BrNO2S/c1-12(2,3)16-11(15)14-9-5-8(9)10-4-7(13)6-17-10/h4,6,8-9H,5H2,1-3H3,(H,14,15)/t8-,9-/m1/s1. The van der Waals surface area contributed by atoms with Crippen LogP contribution in [0, 0.1) is 0 Å². The van der Waals surface area contributed by atoms with Gasteiger partial charge in [0.05, 0.1) is 0 Å². The minimum absolute atomic E-state index is 0.232. The maximum Gasteiger partial charge on any atom is 0.407 e. The van der Waals surface area contributed by atoms with Crippen LogP contribution in [0.1, 0.15) is 38.0 Å². The summed E-state index contributed by atoms with van der Waals surface area (Å²) in [5.74, 6) is 0.457. The van der Waals surface area contributed by atoms with Crippen LogP contribution >= 0.6 is 27.3 Å². The highest BCUT2D eigenvalue weighted by Gasteiger charge is 2.41. The summed E-state index contributed by atoms with van der Waals surface area (Å²) in [6, 6.07) is 2.35. The predicted molar refractivity (Wildman–Crippen MR) is 72.5 cm³/mol. The first kappa shape index (κ1) is 12.9. The molecular weight excluding hydrogens is 302 g/mol. The molecule has 0 spiro atoms. The van der Waals surface area contributed by atoms with Gasteiger partial charge in [-0.05, 0) is 49.2 Å². The van der Waals surface area contributed by atoms with Gasteiger partial charge in [-0.15, -0.1) is 11.3 Å². The molecule has 0 aromatic carbocycles. The van der Waals surface area contributed by atoms with E-state index in [1.165, 1.54) is 4.88 Å². The number of ether oxygens (including phenoxy) is 1. The van der Waals surface area contributed by atoms with Crippen molar-refractivity contribution in [2.75, 3.05) is 0 Å². The molecule has 5 heteroatoms. The Kier molecular flexibility index (Phi) is 3.50. The molecule has 2 atom stereocenters. The number of alkyl carbamates (subject to hydrolysis) is 1. The van der Waals surface area contributed by atoms with Crippen LogP contribution in [0.25, 0.3) is 0 Å². The van der Waals surface area contributed by atoms with Gasteiger partial charge in [-0.2, -0.15) is 0 Å². The fourth-order valence-corrected chi connectivity index (χ4v) is 3.28. The molecular formula is C12H16BrNO2S. The summed E-state index contributed by atoms with van der Waals surface area (Å²) >= 11 is 5.16. The van der Waals surface area contributed by atoms with Gasteiger partial charge < -0.3 is 10.1 Å². The highest BCUT2D eigenvalue weighted by atomic mass is 79.9. The van der Waals surface area contributed by atoms with Crippen LogP contribution in [-0.2, 0) is 4.74 Å². The topological polar surface area (TPSA) is 38.3 Å². The molecule has 2 rings (SSSR count). The lowest BCUT2D eigenvalue weighted by Crippen LogP contribution is -2.34. The van der Waals surface area contributed by atoms with Gasteiger partial charge in [-0.25, -0.2) is 4.79 Å². The molecule has 1 saturated carbocycles. The summed E-state index contributed by atoms with van der Waals surface area (Å²) in [5, 5.41) is 4.97. The molecule has 17 heavy (non-hydrogen) atoms. The number of carbonyl (C=O) groups is 1. The third-order valence-electron chi connectivity index (χ3n) is 2.45. The zero-order chi connectivity index (χ0) is 12.6. The monoisotopic (exact) mass is 317 g/mol. The van der Waals surface area contributed by atoms with E-state index in [-0.39, 0.29) is 12.1 Å². The van der Waals surface area contributed by atoms with Crippen molar-refractivity contribution in [2.24, 2.45) is 0 Å². The van der Waals surface area contributed by atoms with Gasteiger partial charge in [-0.3, -0.25) is 0 Å². The Balaban J connectivity index is 1.82. The third kappa shape index (κ3) is 3.71. The van der Waals surface area contributed by atoms with E-state index < -0.39 is 5.60 Å². The zero-order valence-corrected chi connectivity index (χ0v) is 12.5. The van der Waals surface area contributed by atoms with Crippen LogP contribution in [0.15, 0.2) is 15.9 Å². The van der Waals surface area contributed by atoms with Crippen LogP contribution in [0.5, 0.6) is 0 Å². The fourth-order valence-electron chi connectivity index (χ4n) is 1.65. The van der Waals surface area contributed by atoms with E-state index >= 15 is 0 Å². The average Bonchev–Trinajstić information content (AvgIpc) is 2.75. The number of carbonyl (C=O) groups excluding carboxylic acids is 1. The van der Waals surface area contributed by atoms with Crippen LogP contribution in [-0.4, -0.2) is 17.7 Å². The first-order valence-corrected chi connectivity index (χ1v) is 7.26. The molecule has 1 N–H and O–H groups in total. The normalized spacial score (nSPS) is 23.3. The van der Waals surface area contributed by atoms with Crippen molar-refractivity contribution in [3.63, 3.8) is 0 Å². The second-order valence-electron chi connectivity index (χ2n) is 5.26. The molecule has 1 amide bonds. The molecule has 0 saturated heterocycles. The van der Waals surface area contributed by atoms with Crippen molar-refractivity contribution in [1.82, 2.24) is 5.32 Å². The van der Waals surface area contributed by atoms with Gasteiger partial charge in [-0.1, -0.05) is 0 Å². The maximum absolute atomic E-state index is 11.6. The molecule has 0 radical (unpaired) electrons. The predicted octanol–water partition coefficient (Wildman–Crippen LogP) is 3.89. The molecule has 0 unspecified atom stereocenters. The molecule has 3 nitrogen and oxygen atoms in total. The second-order valence-corrected chi connectivity index (χ2v) is 7.12. The highest BCUT2D eigenvalue weighted by molar-refractivity contribution is 9.10. The smallest absolute Gasteiger partial charge is 0.407 e. The van der Waals surface area contributed by atoms with Gasteiger partial charge in [0.25, 0.3) is 0 Å². The Labute approximate surface area is 114 Å². The largest absolute Gasteiger partial charge is 0.444 e. The van der Waals surface area contributed by atoms with Gasteiger partial charge in [0.15, 0.2) is 0 Å². The number of hydrogen-bond acceptors (Lipinski definition) is 3. The van der Waals surface area contributed by atoms with Crippen molar-refractivity contribution < 1.29 is 9.53 Å². The molecule has 0 aliphatic heterocycles. The number of thiophene rings is 1. The van der Waals surface area contributed by atoms with Crippen molar-refractivity contribution in [2.45, 2.75) is 44.8 Å². The quantitative estimate of drug-likeness (QED) is 0.898. The second kappa shape index (κ2) is 4.61. The molecule has 1 aliphatic rings. The van der Waals surface area contributed by atoms with Crippen LogP contribution in [0.2, 0.25) is 0 Å². The van der Waals surface area contributed by atoms with Crippen molar-refractivity contribution in [3.05, 3.63) is 20.8 Å². The SMILES string of the molecule is CC(C)(C)OC(=O)N[C@@H]1C[C@H]1c1cc(Br)cs1. The zero-order valence-electron chi connectivity index (χ0n) is 10.1. The number of amides is 1. The Bertz CT molecular complexity index is 424. The number of hydrogen-bond donors (Lipinski definition) is 1. The summed E-state index contributed by atoms with van der Waals surface area (Å²) in [5.41, 5.74) is -0.430. The summed E-state index contributed by atoms with van der Waals surface area (Å²) in [7, 11) is 0. The Morgan fingerprint density at radius 3 is 2.82 bits per heavy atom. The number of nitrogens with one attached hydrogen (secondary N) is 1. The van der Waals surface area contributed by atoms with Crippen molar-refractivity contribution >= 4 is 33.4 Å². The van der Waals surface area contributed by atoms with E-state index in [0.717, 1.165) is 10.9 Å². The Morgan fingerprint density at radius 2 is 2.29 bits per heavy atom. The first-order chi connectivity index (χ1) is 7.85. The van der Waals surface area contributed by atoms with Crippen LogP contribution < -0.4 is 5.32 Å². The minimum atomic E-state index is -0.430. The van der Waals surface area contributed by atoms with Gasteiger partial charge in [0.1, 0.15) is 5.60 Å². The number of rotatable bonds is 2. The van der Waals surface area contributed by atoms with E-state index in [9.17, 15) is 4.79 Å². The molecule has 94 valence electrons. The average molecular weight is 318 g/mol. The molecule has 0 bridgehead atoms. The van der Waals surface area contributed by atoms with E-state index in [2.05, 4.69) is 32.7 Å². The minimum Gasteiger partial charge on any atom is -0.444 e. The summed E-state index contributed by atoms with van der Waals surface area (Å²) < 4.78 is 6.33. The lowest BCUT2D eigenvalue weighted by molar-refractivity contribution is 0.0523. The molecule has 1 heterocycles. The fraction of sp³-hybridized carbons (Fsp3) is 0.583. The van der Waals surface area contributed by atoms with Crippen LogP contribution in [0.4, 0.5) is 4.79 Å². The number of halogens is 1. The van der Waals surface area contributed by atoms with Crippen molar-refractivity contribution in [1.29, 1.82) is 0 Å².